The number of carbonyl (C=O) groups excluding carboxylic acids is 2. The van der Waals surface area contributed by atoms with Gasteiger partial charge in [-0.3, -0.25) is 24.6 Å². The SMILES string of the molecule is Cc1cc(N2C(=O)C(=O)/C(=C(\O)c3ccc(OC(C)C)cc3)C2c2ccc([N+](=O)[O-])cc2)no1. The first-order valence-corrected chi connectivity index (χ1v) is 10.4. The molecule has 0 spiro atoms. The summed E-state index contributed by atoms with van der Waals surface area (Å²) in [6.45, 7) is 5.39. The number of aliphatic hydroxyl groups is 1. The van der Waals surface area contributed by atoms with Crippen molar-refractivity contribution in [3.63, 3.8) is 0 Å². The van der Waals surface area contributed by atoms with Crippen LogP contribution in [-0.2, 0) is 9.59 Å². The van der Waals surface area contributed by atoms with Gasteiger partial charge in [0.1, 0.15) is 17.3 Å². The third-order valence-electron chi connectivity index (χ3n) is 5.23. The van der Waals surface area contributed by atoms with E-state index < -0.39 is 22.7 Å². The molecule has 2 aromatic carbocycles. The Morgan fingerprint density at radius 3 is 2.32 bits per heavy atom. The standard InChI is InChI=1S/C24H21N3O7/c1-13(2)33-18-10-6-16(7-11-18)22(28)20-21(15-4-8-17(9-5-15)27(31)32)26(24(30)23(20)29)19-12-14(3)34-25-19/h4-13,21,28H,1-3H3/b22-20-. The van der Waals surface area contributed by atoms with Crippen molar-refractivity contribution < 1.29 is 28.9 Å². The van der Waals surface area contributed by atoms with E-state index in [9.17, 15) is 24.8 Å². The van der Waals surface area contributed by atoms with Crippen LogP contribution in [0.5, 0.6) is 5.75 Å². The average Bonchev–Trinajstić information content (AvgIpc) is 3.34. The fourth-order valence-corrected chi connectivity index (χ4v) is 3.75. The lowest BCUT2D eigenvalue weighted by molar-refractivity contribution is -0.384. The van der Waals surface area contributed by atoms with Gasteiger partial charge in [0.15, 0.2) is 5.82 Å². The Balaban J connectivity index is 1.85. The number of aryl methyl sites for hydroxylation is 1. The quantitative estimate of drug-likeness (QED) is 0.188. The Morgan fingerprint density at radius 1 is 1.15 bits per heavy atom. The molecule has 0 aliphatic carbocycles. The van der Waals surface area contributed by atoms with Crippen molar-refractivity contribution in [2.24, 2.45) is 0 Å². The molecular formula is C24H21N3O7. The summed E-state index contributed by atoms with van der Waals surface area (Å²) >= 11 is 0. The molecule has 1 saturated heterocycles. The number of Topliss-reactive ketones (excluding diaryl/α,β-unsaturated/α-hetero) is 1. The van der Waals surface area contributed by atoms with Crippen molar-refractivity contribution >= 4 is 29.0 Å². The number of nitro groups is 1. The number of non-ortho nitro benzene ring substituents is 1. The predicted molar refractivity (Wildman–Crippen MR) is 121 cm³/mol. The highest BCUT2D eigenvalue weighted by molar-refractivity contribution is 6.51. The fourth-order valence-electron chi connectivity index (χ4n) is 3.75. The minimum Gasteiger partial charge on any atom is -0.507 e. The Morgan fingerprint density at radius 2 is 1.79 bits per heavy atom. The Bertz CT molecular complexity index is 1290. The van der Waals surface area contributed by atoms with E-state index in [0.29, 0.717) is 22.6 Å². The number of amides is 1. The molecule has 0 saturated carbocycles. The van der Waals surface area contributed by atoms with E-state index in [-0.39, 0.29) is 28.9 Å². The second kappa shape index (κ2) is 8.81. The van der Waals surface area contributed by atoms with Crippen LogP contribution in [0.2, 0.25) is 0 Å². The zero-order chi connectivity index (χ0) is 24.6. The maximum Gasteiger partial charge on any atom is 0.301 e. The van der Waals surface area contributed by atoms with Crippen molar-refractivity contribution in [1.82, 2.24) is 5.16 Å². The second-order valence-electron chi connectivity index (χ2n) is 8.00. The van der Waals surface area contributed by atoms with Crippen LogP contribution < -0.4 is 9.64 Å². The molecule has 3 aromatic rings. The van der Waals surface area contributed by atoms with E-state index in [2.05, 4.69) is 5.16 Å². The van der Waals surface area contributed by atoms with Gasteiger partial charge in [0.05, 0.1) is 22.6 Å². The van der Waals surface area contributed by atoms with Gasteiger partial charge < -0.3 is 14.4 Å². The number of ether oxygens (including phenoxy) is 1. The first-order chi connectivity index (χ1) is 16.2. The van der Waals surface area contributed by atoms with Crippen LogP contribution in [-0.4, -0.2) is 33.0 Å². The van der Waals surface area contributed by atoms with Gasteiger partial charge in [-0.25, -0.2) is 0 Å². The van der Waals surface area contributed by atoms with Crippen molar-refractivity contribution in [1.29, 1.82) is 0 Å². The molecule has 10 nitrogen and oxygen atoms in total. The Hall–Kier alpha value is -4.47. The molecule has 34 heavy (non-hydrogen) atoms. The van der Waals surface area contributed by atoms with Gasteiger partial charge in [-0.05, 0) is 62.7 Å². The molecule has 174 valence electrons. The van der Waals surface area contributed by atoms with Gasteiger partial charge in [-0.2, -0.15) is 0 Å². The van der Waals surface area contributed by atoms with Crippen LogP contribution >= 0.6 is 0 Å². The number of nitro benzene ring substituents is 1. The maximum atomic E-state index is 13.1. The summed E-state index contributed by atoms with van der Waals surface area (Å²) in [6.07, 6.45) is -0.0437. The van der Waals surface area contributed by atoms with E-state index in [4.69, 9.17) is 9.26 Å². The molecule has 1 aromatic heterocycles. The number of anilines is 1. The highest BCUT2D eigenvalue weighted by atomic mass is 16.6. The minimum absolute atomic E-state index is 0.0437. The van der Waals surface area contributed by atoms with E-state index in [1.807, 2.05) is 13.8 Å². The average molecular weight is 463 g/mol. The van der Waals surface area contributed by atoms with Crippen LogP contribution in [0.4, 0.5) is 11.5 Å². The van der Waals surface area contributed by atoms with Crippen molar-refractivity contribution in [2.75, 3.05) is 4.90 Å². The topological polar surface area (TPSA) is 136 Å². The summed E-state index contributed by atoms with van der Waals surface area (Å²) in [5, 5.41) is 26.1. The summed E-state index contributed by atoms with van der Waals surface area (Å²) in [6, 6.07) is 12.3. The van der Waals surface area contributed by atoms with E-state index >= 15 is 0 Å². The zero-order valence-electron chi connectivity index (χ0n) is 18.6. The molecular weight excluding hydrogens is 442 g/mol. The first-order valence-electron chi connectivity index (χ1n) is 10.4. The lowest BCUT2D eigenvalue weighted by Crippen LogP contribution is -2.29. The van der Waals surface area contributed by atoms with Gasteiger partial charge in [0.25, 0.3) is 11.5 Å². The van der Waals surface area contributed by atoms with Crippen LogP contribution in [0.15, 0.2) is 64.7 Å². The molecule has 1 N–H and O–H groups in total. The largest absolute Gasteiger partial charge is 0.507 e. The Labute approximate surface area is 194 Å². The lowest BCUT2D eigenvalue weighted by atomic mass is 9.95. The summed E-state index contributed by atoms with van der Waals surface area (Å²) < 4.78 is 10.7. The van der Waals surface area contributed by atoms with Crippen molar-refractivity contribution in [2.45, 2.75) is 32.9 Å². The van der Waals surface area contributed by atoms with E-state index in [1.54, 1.807) is 31.2 Å². The summed E-state index contributed by atoms with van der Waals surface area (Å²) in [5.74, 6) is -1.12. The lowest BCUT2D eigenvalue weighted by Gasteiger charge is -2.22. The van der Waals surface area contributed by atoms with Gasteiger partial charge in [-0.1, -0.05) is 5.16 Å². The number of hydrogen-bond donors (Lipinski definition) is 1. The van der Waals surface area contributed by atoms with Crippen LogP contribution in [0.3, 0.4) is 0 Å². The minimum atomic E-state index is -1.07. The number of carbonyl (C=O) groups is 2. The number of benzene rings is 2. The number of aliphatic hydroxyl groups excluding tert-OH is 1. The van der Waals surface area contributed by atoms with Gasteiger partial charge in [0, 0.05) is 23.8 Å². The predicted octanol–water partition coefficient (Wildman–Crippen LogP) is 4.30. The van der Waals surface area contributed by atoms with Crippen molar-refractivity contribution in [3.05, 3.63) is 87.2 Å². The van der Waals surface area contributed by atoms with Crippen molar-refractivity contribution in [3.8, 4) is 5.75 Å². The molecule has 10 heteroatoms. The molecule has 1 unspecified atom stereocenters. The molecule has 1 fully saturated rings. The third-order valence-corrected chi connectivity index (χ3v) is 5.23. The number of ketones is 1. The molecule has 1 amide bonds. The summed E-state index contributed by atoms with van der Waals surface area (Å²) in [7, 11) is 0. The van der Waals surface area contributed by atoms with E-state index in [0.717, 1.165) is 4.90 Å². The maximum absolute atomic E-state index is 13.1. The number of aromatic nitrogens is 1. The normalized spacial score (nSPS) is 17.4. The van der Waals surface area contributed by atoms with Gasteiger partial charge in [-0.15, -0.1) is 0 Å². The van der Waals surface area contributed by atoms with Crippen LogP contribution in [0.1, 0.15) is 36.8 Å². The third kappa shape index (κ3) is 4.13. The molecule has 1 aliphatic heterocycles. The van der Waals surface area contributed by atoms with Gasteiger partial charge >= 0.3 is 5.91 Å². The molecule has 4 rings (SSSR count). The molecule has 0 bridgehead atoms. The molecule has 1 aliphatic rings. The number of rotatable bonds is 6. The van der Waals surface area contributed by atoms with Crippen LogP contribution in [0, 0.1) is 17.0 Å². The molecule has 2 heterocycles. The first kappa shape index (κ1) is 22.7. The second-order valence-corrected chi connectivity index (χ2v) is 8.00. The number of hydrogen-bond acceptors (Lipinski definition) is 8. The number of nitrogens with zero attached hydrogens (tertiary/aromatic N) is 3. The highest BCUT2D eigenvalue weighted by Gasteiger charge is 2.48. The monoisotopic (exact) mass is 463 g/mol. The van der Waals surface area contributed by atoms with E-state index in [1.165, 1.54) is 30.3 Å². The zero-order valence-corrected chi connectivity index (χ0v) is 18.6. The van der Waals surface area contributed by atoms with Gasteiger partial charge in [0.2, 0.25) is 0 Å². The molecule has 1 atom stereocenters. The highest BCUT2D eigenvalue weighted by Crippen LogP contribution is 2.42. The van der Waals surface area contributed by atoms with Crippen LogP contribution in [0.25, 0.3) is 5.76 Å². The molecule has 0 radical (unpaired) electrons. The fraction of sp³-hybridized carbons (Fsp3) is 0.208. The smallest absolute Gasteiger partial charge is 0.301 e. The Kier molecular flexibility index (Phi) is 5.89. The summed E-state index contributed by atoms with van der Waals surface area (Å²) in [5.41, 5.74) is 0.361. The summed E-state index contributed by atoms with van der Waals surface area (Å²) in [4.78, 5) is 37.7.